The van der Waals surface area contributed by atoms with Crippen LogP contribution in [0.15, 0.2) is 53.9 Å². The van der Waals surface area contributed by atoms with Gasteiger partial charge >= 0.3 is 0 Å². The molecule has 27 heavy (non-hydrogen) atoms. The lowest BCUT2D eigenvalue weighted by Gasteiger charge is -2.26. The van der Waals surface area contributed by atoms with Crippen LogP contribution in [0, 0.1) is 0 Å². The Balaban J connectivity index is 1.45. The van der Waals surface area contributed by atoms with E-state index < -0.39 is 0 Å². The van der Waals surface area contributed by atoms with Crippen LogP contribution in [-0.2, 0) is 9.53 Å². The lowest BCUT2D eigenvalue weighted by atomic mass is 10.2. The summed E-state index contributed by atoms with van der Waals surface area (Å²) in [6.45, 7) is 2.33. The van der Waals surface area contributed by atoms with Gasteiger partial charge in [-0.15, -0.1) is 0 Å². The molecule has 1 aromatic heterocycles. The van der Waals surface area contributed by atoms with E-state index in [9.17, 15) is 9.59 Å². The number of aromatic nitrogens is 1. The molecular formula is C19H20N4O4. The lowest BCUT2D eigenvalue weighted by molar-refractivity contribution is -0.137. The number of carbonyl (C=O) groups is 2. The predicted molar refractivity (Wildman–Crippen MR) is 98.6 cm³/mol. The van der Waals surface area contributed by atoms with E-state index in [0.717, 1.165) is 5.56 Å². The smallest absolute Gasteiger partial charge is 0.272 e. The van der Waals surface area contributed by atoms with Gasteiger partial charge in [-0.1, -0.05) is 0 Å². The van der Waals surface area contributed by atoms with Crippen molar-refractivity contribution < 1.29 is 19.1 Å². The number of pyridine rings is 1. The first-order valence-corrected chi connectivity index (χ1v) is 8.54. The van der Waals surface area contributed by atoms with Gasteiger partial charge in [0.05, 0.1) is 25.0 Å². The molecule has 3 rings (SSSR count). The first kappa shape index (κ1) is 18.5. The van der Waals surface area contributed by atoms with Crippen molar-refractivity contribution in [3.63, 3.8) is 0 Å². The molecule has 0 spiro atoms. The summed E-state index contributed by atoms with van der Waals surface area (Å²) in [7, 11) is 0. The fraction of sp³-hybridized carbons (Fsp3) is 0.263. The van der Waals surface area contributed by atoms with Crippen LogP contribution in [-0.4, -0.2) is 60.8 Å². The van der Waals surface area contributed by atoms with Crippen LogP contribution in [0.2, 0.25) is 0 Å². The van der Waals surface area contributed by atoms with Gasteiger partial charge in [0.15, 0.2) is 6.61 Å². The minimum absolute atomic E-state index is 0.00535. The Morgan fingerprint density at radius 3 is 2.70 bits per heavy atom. The molecule has 1 aliphatic rings. The summed E-state index contributed by atoms with van der Waals surface area (Å²) in [5.41, 5.74) is 3.66. The molecule has 1 aromatic carbocycles. The minimum atomic E-state index is -0.332. The largest absolute Gasteiger partial charge is 0.484 e. The van der Waals surface area contributed by atoms with Crippen molar-refractivity contribution in [1.29, 1.82) is 0 Å². The van der Waals surface area contributed by atoms with Gasteiger partial charge in [-0.2, -0.15) is 5.10 Å². The van der Waals surface area contributed by atoms with Gasteiger partial charge in [0.2, 0.25) is 0 Å². The third kappa shape index (κ3) is 5.61. The number of nitrogens with one attached hydrogen (secondary N) is 1. The summed E-state index contributed by atoms with van der Waals surface area (Å²) in [5.74, 6) is 0.205. The molecule has 0 bridgehead atoms. The summed E-state index contributed by atoms with van der Waals surface area (Å²) in [4.78, 5) is 29.5. The molecule has 1 aliphatic heterocycles. The van der Waals surface area contributed by atoms with Crippen LogP contribution in [0.1, 0.15) is 15.9 Å². The van der Waals surface area contributed by atoms with Crippen molar-refractivity contribution in [2.24, 2.45) is 5.10 Å². The van der Waals surface area contributed by atoms with Crippen LogP contribution in [0.4, 0.5) is 0 Å². The van der Waals surface area contributed by atoms with Crippen LogP contribution < -0.4 is 10.2 Å². The van der Waals surface area contributed by atoms with Crippen LogP contribution in [0.5, 0.6) is 5.75 Å². The third-order valence-electron chi connectivity index (χ3n) is 3.91. The quantitative estimate of drug-likeness (QED) is 0.608. The van der Waals surface area contributed by atoms with Gasteiger partial charge in [0.1, 0.15) is 5.75 Å². The lowest BCUT2D eigenvalue weighted by Crippen LogP contribution is -2.42. The number of hydrogen-bond donors (Lipinski definition) is 1. The van der Waals surface area contributed by atoms with Crippen molar-refractivity contribution in [2.75, 3.05) is 32.9 Å². The number of rotatable bonds is 6. The Labute approximate surface area is 156 Å². The van der Waals surface area contributed by atoms with Crippen molar-refractivity contribution in [3.8, 4) is 5.75 Å². The maximum Gasteiger partial charge on any atom is 0.272 e. The molecule has 0 saturated carbocycles. The number of carbonyl (C=O) groups excluding carboxylic acids is 2. The number of amides is 2. The van der Waals surface area contributed by atoms with E-state index in [1.165, 1.54) is 12.4 Å². The van der Waals surface area contributed by atoms with Crippen molar-refractivity contribution in [3.05, 3.63) is 59.9 Å². The SMILES string of the molecule is O=C(N/N=C\c1ccc(OCC(=O)N2CCOCC2)cc1)c1cccnc1. The molecule has 8 nitrogen and oxygen atoms in total. The zero-order valence-electron chi connectivity index (χ0n) is 14.7. The first-order valence-electron chi connectivity index (χ1n) is 8.54. The molecule has 0 radical (unpaired) electrons. The standard InChI is InChI=1S/C19H20N4O4/c24-18(23-8-10-26-11-9-23)14-27-17-5-3-15(4-6-17)12-21-22-19(25)16-2-1-7-20-13-16/h1-7,12-13H,8-11,14H2,(H,22,25)/b21-12-. The van der Waals surface area contributed by atoms with Gasteiger partial charge in [-0.25, -0.2) is 5.43 Å². The van der Waals surface area contributed by atoms with E-state index in [1.807, 2.05) is 0 Å². The Hall–Kier alpha value is -3.26. The third-order valence-corrected chi connectivity index (χ3v) is 3.91. The molecule has 2 heterocycles. The molecule has 2 aromatic rings. The molecule has 0 aliphatic carbocycles. The van der Waals surface area contributed by atoms with E-state index in [-0.39, 0.29) is 18.4 Å². The molecular weight excluding hydrogens is 348 g/mol. The number of hydrogen-bond acceptors (Lipinski definition) is 6. The van der Waals surface area contributed by atoms with E-state index in [2.05, 4.69) is 15.5 Å². The van der Waals surface area contributed by atoms with Gasteiger partial charge in [0.25, 0.3) is 11.8 Å². The van der Waals surface area contributed by atoms with Crippen molar-refractivity contribution in [1.82, 2.24) is 15.3 Å². The van der Waals surface area contributed by atoms with Crippen molar-refractivity contribution >= 4 is 18.0 Å². The second kappa shape index (κ2) is 9.44. The fourth-order valence-electron chi connectivity index (χ4n) is 2.43. The summed E-state index contributed by atoms with van der Waals surface area (Å²) >= 11 is 0. The van der Waals surface area contributed by atoms with E-state index in [0.29, 0.717) is 37.6 Å². The molecule has 1 fully saturated rings. The number of benzene rings is 1. The number of ether oxygens (including phenoxy) is 2. The number of hydrazone groups is 1. The summed E-state index contributed by atoms with van der Waals surface area (Å²) in [6.07, 6.45) is 4.59. The molecule has 1 saturated heterocycles. The number of morpholine rings is 1. The van der Waals surface area contributed by atoms with E-state index >= 15 is 0 Å². The highest BCUT2D eigenvalue weighted by atomic mass is 16.5. The van der Waals surface area contributed by atoms with E-state index in [4.69, 9.17) is 9.47 Å². The fourth-order valence-corrected chi connectivity index (χ4v) is 2.43. The summed E-state index contributed by atoms with van der Waals surface area (Å²) < 4.78 is 10.7. The van der Waals surface area contributed by atoms with E-state index in [1.54, 1.807) is 47.5 Å². The monoisotopic (exact) mass is 368 g/mol. The highest BCUT2D eigenvalue weighted by Crippen LogP contribution is 2.11. The summed E-state index contributed by atoms with van der Waals surface area (Å²) in [5, 5.41) is 3.92. The van der Waals surface area contributed by atoms with Crippen molar-refractivity contribution in [2.45, 2.75) is 0 Å². The Bertz CT molecular complexity index is 787. The Morgan fingerprint density at radius 2 is 2.00 bits per heavy atom. The molecule has 1 N–H and O–H groups in total. The Morgan fingerprint density at radius 1 is 1.22 bits per heavy atom. The van der Waals surface area contributed by atoms with Gasteiger partial charge in [0, 0.05) is 25.5 Å². The second-order valence-electron chi connectivity index (χ2n) is 5.79. The zero-order valence-corrected chi connectivity index (χ0v) is 14.7. The molecule has 0 atom stereocenters. The van der Waals surface area contributed by atoms with Crippen LogP contribution in [0.3, 0.4) is 0 Å². The van der Waals surface area contributed by atoms with Gasteiger partial charge in [-0.3, -0.25) is 14.6 Å². The zero-order chi connectivity index (χ0) is 18.9. The first-order chi connectivity index (χ1) is 13.2. The van der Waals surface area contributed by atoms with Gasteiger partial charge in [-0.05, 0) is 42.0 Å². The summed E-state index contributed by atoms with van der Waals surface area (Å²) in [6, 6.07) is 10.4. The van der Waals surface area contributed by atoms with Crippen LogP contribution in [0.25, 0.3) is 0 Å². The topological polar surface area (TPSA) is 93.1 Å². The molecule has 8 heteroatoms. The highest BCUT2D eigenvalue weighted by Gasteiger charge is 2.16. The molecule has 140 valence electrons. The highest BCUT2D eigenvalue weighted by molar-refractivity contribution is 5.94. The maximum atomic E-state index is 12.0. The number of nitrogens with zero attached hydrogens (tertiary/aromatic N) is 3. The van der Waals surface area contributed by atoms with Crippen LogP contribution >= 0.6 is 0 Å². The average Bonchev–Trinajstić information content (AvgIpc) is 2.74. The Kier molecular flexibility index (Phi) is 6.48. The maximum absolute atomic E-state index is 12.0. The average molecular weight is 368 g/mol. The normalized spacial score (nSPS) is 14.1. The predicted octanol–water partition coefficient (Wildman–Crippen LogP) is 1.08. The second-order valence-corrected chi connectivity index (χ2v) is 5.79. The molecule has 2 amide bonds. The molecule has 0 unspecified atom stereocenters. The van der Waals surface area contributed by atoms with Gasteiger partial charge < -0.3 is 14.4 Å². The minimum Gasteiger partial charge on any atom is -0.484 e.